The van der Waals surface area contributed by atoms with Crippen molar-refractivity contribution in [1.82, 2.24) is 4.98 Å². The number of nitrogens with two attached hydrogens (primary N) is 1. The summed E-state index contributed by atoms with van der Waals surface area (Å²) in [6.07, 6.45) is 1.90. The van der Waals surface area contributed by atoms with Crippen LogP contribution in [-0.2, 0) is 16.5 Å². The van der Waals surface area contributed by atoms with Crippen molar-refractivity contribution in [3.05, 3.63) is 16.3 Å². The van der Waals surface area contributed by atoms with Crippen LogP contribution < -0.4 is 22.1 Å². The molecule has 8 heteroatoms. The van der Waals surface area contributed by atoms with Gasteiger partial charge in [0.05, 0.1) is 7.85 Å². The molecule has 1 aliphatic rings. The number of aryl methyl sites for hydroxylation is 1. The highest BCUT2D eigenvalue weighted by molar-refractivity contribution is 6.63. The SMILES string of the molecule is [B]c1c(Cl)c([B])c2c3c([nH]c2c1[B])C([B])(C(N)=O)CCC3. The number of amides is 1. The van der Waals surface area contributed by atoms with Crippen LogP contribution in [0.4, 0.5) is 0 Å². The first-order valence-electron chi connectivity index (χ1n) is 6.54. The van der Waals surface area contributed by atoms with Crippen molar-refractivity contribution in [2.24, 2.45) is 5.73 Å². The Morgan fingerprint density at radius 3 is 2.52 bits per heavy atom. The fourth-order valence-electron chi connectivity index (χ4n) is 3.09. The number of primary amides is 1. The number of fused-ring (bicyclic) bond motifs is 3. The third kappa shape index (κ3) is 1.83. The lowest BCUT2D eigenvalue weighted by molar-refractivity contribution is -0.121. The summed E-state index contributed by atoms with van der Waals surface area (Å²) >= 11 is 6.13. The van der Waals surface area contributed by atoms with E-state index in [9.17, 15) is 4.79 Å². The fourth-order valence-corrected chi connectivity index (χ4v) is 3.29. The van der Waals surface area contributed by atoms with Crippen LogP contribution in [0.5, 0.6) is 0 Å². The first-order chi connectivity index (χ1) is 9.79. The number of H-pyrrole nitrogens is 1. The molecule has 3 rings (SSSR count). The third-order valence-corrected chi connectivity index (χ3v) is 4.70. The van der Waals surface area contributed by atoms with E-state index in [1.807, 2.05) is 0 Å². The Morgan fingerprint density at radius 1 is 1.24 bits per heavy atom. The van der Waals surface area contributed by atoms with E-state index in [0.717, 1.165) is 12.0 Å². The van der Waals surface area contributed by atoms with Crippen LogP contribution in [0, 0.1) is 0 Å². The maximum Gasteiger partial charge on any atom is 0.220 e. The minimum atomic E-state index is -1.26. The van der Waals surface area contributed by atoms with E-state index in [4.69, 9.17) is 48.7 Å². The zero-order chi connectivity index (χ0) is 15.5. The molecule has 0 fully saturated rings. The number of carbonyl (C=O) groups is 1. The Balaban J connectivity index is 2.45. The van der Waals surface area contributed by atoms with Crippen molar-refractivity contribution in [2.75, 3.05) is 0 Å². The quantitative estimate of drug-likeness (QED) is 0.609. The van der Waals surface area contributed by atoms with Crippen molar-refractivity contribution in [3.63, 3.8) is 0 Å². The van der Waals surface area contributed by atoms with Gasteiger partial charge in [-0.15, -0.1) is 0 Å². The minimum Gasteiger partial charge on any atom is -0.370 e. The van der Waals surface area contributed by atoms with Crippen LogP contribution in [0.3, 0.4) is 0 Å². The van der Waals surface area contributed by atoms with Crippen LogP contribution >= 0.6 is 11.6 Å². The molecule has 0 bridgehead atoms. The van der Waals surface area contributed by atoms with Crippen molar-refractivity contribution in [3.8, 4) is 0 Å². The molecule has 2 aromatic rings. The Kier molecular flexibility index (Phi) is 3.25. The Morgan fingerprint density at radius 2 is 1.90 bits per heavy atom. The van der Waals surface area contributed by atoms with Gasteiger partial charge in [0.2, 0.25) is 5.91 Å². The number of carbonyl (C=O) groups excluding carboxylic acids is 1. The lowest BCUT2D eigenvalue weighted by Gasteiger charge is -2.31. The number of nitrogens with one attached hydrogen (secondary N) is 1. The lowest BCUT2D eigenvalue weighted by atomic mass is 9.59. The predicted octanol–water partition coefficient (Wildman–Crippen LogP) is -1.61. The highest BCUT2D eigenvalue weighted by Crippen LogP contribution is 2.37. The second-order valence-electron chi connectivity index (χ2n) is 5.47. The zero-order valence-electron chi connectivity index (χ0n) is 11.3. The van der Waals surface area contributed by atoms with E-state index in [0.29, 0.717) is 40.4 Å². The molecule has 8 radical (unpaired) electrons. The zero-order valence-corrected chi connectivity index (χ0v) is 12.1. The van der Waals surface area contributed by atoms with Gasteiger partial charge in [-0.05, 0) is 30.2 Å². The van der Waals surface area contributed by atoms with Gasteiger partial charge in [0.1, 0.15) is 23.5 Å². The highest BCUT2D eigenvalue weighted by Gasteiger charge is 2.39. The third-order valence-electron chi connectivity index (χ3n) is 4.29. The minimum absolute atomic E-state index is 0.210. The van der Waals surface area contributed by atoms with Crippen LogP contribution in [0.2, 0.25) is 5.02 Å². The Hall–Kier alpha value is -1.22. The largest absolute Gasteiger partial charge is 0.370 e. The molecule has 0 saturated heterocycles. The maximum absolute atomic E-state index is 11.8. The topological polar surface area (TPSA) is 58.9 Å². The van der Waals surface area contributed by atoms with Gasteiger partial charge in [0.25, 0.3) is 0 Å². The van der Waals surface area contributed by atoms with Gasteiger partial charge < -0.3 is 10.7 Å². The predicted molar refractivity (Wildman–Crippen MR) is 89.0 cm³/mol. The standard InChI is InChI=1S/C13H9B4ClN2O/c14-6-5-4-2-1-3-13(17,12(19)21)11(4)20-10(5)8(16)7(15)9(6)18/h20H,1-3H2,(H2,19,21). The van der Waals surface area contributed by atoms with Crippen LogP contribution in [0.25, 0.3) is 10.9 Å². The molecular weight excluding hydrogens is 279 g/mol. The molecule has 21 heavy (non-hydrogen) atoms. The van der Waals surface area contributed by atoms with Gasteiger partial charge in [0, 0.05) is 21.5 Å². The summed E-state index contributed by atoms with van der Waals surface area (Å²) < 4.78 is 0. The first kappa shape index (κ1) is 14.7. The number of aromatic amines is 1. The second-order valence-corrected chi connectivity index (χ2v) is 5.85. The number of hydrogen-bond acceptors (Lipinski definition) is 1. The van der Waals surface area contributed by atoms with Gasteiger partial charge in [-0.2, -0.15) is 0 Å². The van der Waals surface area contributed by atoms with Crippen molar-refractivity contribution in [2.45, 2.75) is 24.6 Å². The molecule has 1 amide bonds. The number of benzene rings is 1. The van der Waals surface area contributed by atoms with Crippen molar-refractivity contribution >= 4 is 76.2 Å². The smallest absolute Gasteiger partial charge is 0.220 e. The average Bonchev–Trinajstić information content (AvgIpc) is 2.84. The molecule has 96 valence electrons. The lowest BCUT2D eigenvalue weighted by Crippen LogP contribution is -2.44. The average molecular weight is 288 g/mol. The maximum atomic E-state index is 11.8. The van der Waals surface area contributed by atoms with Gasteiger partial charge in [-0.1, -0.05) is 28.0 Å². The monoisotopic (exact) mass is 288 g/mol. The summed E-state index contributed by atoms with van der Waals surface area (Å²) in [5, 5.41) is -0.362. The first-order valence-corrected chi connectivity index (χ1v) is 6.92. The van der Waals surface area contributed by atoms with Gasteiger partial charge in [-0.3, -0.25) is 4.79 Å². The van der Waals surface area contributed by atoms with Crippen molar-refractivity contribution < 1.29 is 4.79 Å². The van der Waals surface area contributed by atoms with E-state index >= 15 is 0 Å². The molecule has 1 heterocycles. The molecule has 3 nitrogen and oxygen atoms in total. The summed E-state index contributed by atoms with van der Waals surface area (Å²) in [7, 11) is 24.1. The summed E-state index contributed by atoms with van der Waals surface area (Å²) in [4.78, 5) is 14.9. The van der Waals surface area contributed by atoms with Crippen molar-refractivity contribution in [1.29, 1.82) is 0 Å². The molecule has 1 aromatic carbocycles. The van der Waals surface area contributed by atoms with Crippen LogP contribution in [0.1, 0.15) is 24.1 Å². The second kappa shape index (κ2) is 4.64. The van der Waals surface area contributed by atoms with E-state index in [1.165, 1.54) is 0 Å². The van der Waals surface area contributed by atoms with Crippen LogP contribution in [-0.4, -0.2) is 42.3 Å². The molecule has 0 saturated carbocycles. The van der Waals surface area contributed by atoms with Gasteiger partial charge in [-0.25, -0.2) is 0 Å². The number of hydrogen-bond donors (Lipinski definition) is 2. The number of rotatable bonds is 1. The summed E-state index contributed by atoms with van der Waals surface area (Å²) in [5.74, 6) is -0.591. The number of halogens is 1. The summed E-state index contributed by atoms with van der Waals surface area (Å²) in [6.45, 7) is 0. The molecule has 3 N–H and O–H groups in total. The van der Waals surface area contributed by atoms with E-state index in [-0.39, 0.29) is 10.5 Å². The molecule has 1 atom stereocenters. The van der Waals surface area contributed by atoms with E-state index < -0.39 is 11.2 Å². The fraction of sp³-hybridized carbons (Fsp3) is 0.308. The molecule has 1 unspecified atom stereocenters. The van der Waals surface area contributed by atoms with Gasteiger partial charge >= 0.3 is 0 Å². The Bertz CT molecular complexity index is 789. The summed E-state index contributed by atoms with van der Waals surface area (Å²) in [5.41, 5.74) is 8.26. The molecule has 0 spiro atoms. The van der Waals surface area contributed by atoms with Gasteiger partial charge in [0.15, 0.2) is 0 Å². The molecule has 1 aliphatic carbocycles. The van der Waals surface area contributed by atoms with Crippen LogP contribution in [0.15, 0.2) is 0 Å². The highest BCUT2D eigenvalue weighted by atomic mass is 35.5. The van der Waals surface area contributed by atoms with E-state index in [2.05, 4.69) is 4.98 Å². The normalized spacial score (nSPS) is 21.4. The van der Waals surface area contributed by atoms with E-state index in [1.54, 1.807) is 0 Å². The number of aromatic nitrogens is 1. The molecular formula is C13H9B4ClN2O. The summed E-state index contributed by atoms with van der Waals surface area (Å²) in [6, 6.07) is 0. The Labute approximate surface area is 133 Å². The molecule has 1 aromatic heterocycles. The molecule has 0 aliphatic heterocycles.